The lowest BCUT2D eigenvalue weighted by Crippen LogP contribution is -2.16. The molecule has 0 saturated heterocycles. The first-order chi connectivity index (χ1) is 16.0. The second kappa shape index (κ2) is 10.2. The molecule has 2 aromatic carbocycles. The number of nitrogens with two attached hydrogens (primary N) is 1. The molecule has 1 aliphatic rings. The molecule has 1 aromatic heterocycles. The van der Waals surface area contributed by atoms with Gasteiger partial charge in [0.2, 0.25) is 17.5 Å². The maximum Gasteiger partial charge on any atom is 0.337 e. The lowest BCUT2D eigenvalue weighted by atomic mass is 10.1. The minimum absolute atomic E-state index is 0. The Morgan fingerprint density at radius 3 is 2.35 bits per heavy atom. The molecule has 0 atom stereocenters. The number of hydrogen-bond acceptors (Lipinski definition) is 11. The molecule has 0 aliphatic carbocycles. The molecule has 34 heavy (non-hydrogen) atoms. The largest absolute Gasteiger partial charge is 0.493 e. The number of hydrogen-bond donors (Lipinski definition) is 2. The predicted octanol–water partition coefficient (Wildman–Crippen LogP) is 3.60. The normalized spacial score (nSPS) is 11.7. The highest BCUT2D eigenvalue weighted by atomic mass is 35.5. The third-order valence-corrected chi connectivity index (χ3v) is 4.84. The van der Waals surface area contributed by atoms with Crippen LogP contribution in [0.15, 0.2) is 30.3 Å². The second-order valence-corrected chi connectivity index (χ2v) is 6.76. The van der Waals surface area contributed by atoms with Crippen LogP contribution >= 0.6 is 12.4 Å². The summed E-state index contributed by atoms with van der Waals surface area (Å²) in [6.07, 6.45) is 0. The van der Waals surface area contributed by atoms with Gasteiger partial charge in [-0.15, -0.1) is 12.4 Å². The minimum Gasteiger partial charge on any atom is -0.493 e. The van der Waals surface area contributed by atoms with Gasteiger partial charge in [-0.05, 0) is 12.1 Å². The van der Waals surface area contributed by atoms with E-state index in [1.807, 2.05) is 0 Å². The van der Waals surface area contributed by atoms with Crippen molar-refractivity contribution in [1.82, 2.24) is 9.97 Å². The van der Waals surface area contributed by atoms with Crippen molar-refractivity contribution in [2.45, 2.75) is 0 Å². The summed E-state index contributed by atoms with van der Waals surface area (Å²) in [6, 6.07) is 8.33. The van der Waals surface area contributed by atoms with Gasteiger partial charge in [-0.25, -0.2) is 4.98 Å². The molecule has 13 heteroatoms. The zero-order chi connectivity index (χ0) is 23.5. The molecule has 0 amide bonds. The Balaban J connectivity index is 0.00000324. The van der Waals surface area contributed by atoms with Crippen LogP contribution < -0.4 is 34.7 Å². The van der Waals surface area contributed by atoms with Crippen molar-refractivity contribution in [3.8, 4) is 40.0 Å². The van der Waals surface area contributed by atoms with Crippen molar-refractivity contribution < 1.29 is 28.6 Å². The lowest BCUT2D eigenvalue weighted by molar-refractivity contribution is -0.383. The van der Waals surface area contributed by atoms with E-state index in [2.05, 4.69) is 15.3 Å². The van der Waals surface area contributed by atoms with Gasteiger partial charge in [-0.2, -0.15) is 4.98 Å². The molecule has 2 heterocycles. The molecule has 3 aromatic rings. The third kappa shape index (κ3) is 4.48. The minimum atomic E-state index is -0.628. The quantitative estimate of drug-likeness (QED) is 0.368. The van der Waals surface area contributed by atoms with E-state index >= 15 is 0 Å². The molecule has 0 fully saturated rings. The maximum absolute atomic E-state index is 11.8. The van der Waals surface area contributed by atoms with Crippen LogP contribution in [0.3, 0.4) is 0 Å². The molecule has 0 unspecified atom stereocenters. The van der Waals surface area contributed by atoms with Crippen LogP contribution in [0.2, 0.25) is 0 Å². The zero-order valence-corrected chi connectivity index (χ0v) is 19.3. The summed E-state index contributed by atoms with van der Waals surface area (Å²) in [5.74, 6) is 1.73. The Hall–Kier alpha value is -4.19. The van der Waals surface area contributed by atoms with E-state index < -0.39 is 10.6 Å². The van der Waals surface area contributed by atoms with Crippen LogP contribution in [0.5, 0.6) is 28.7 Å². The Morgan fingerprint density at radius 2 is 1.74 bits per heavy atom. The summed E-state index contributed by atoms with van der Waals surface area (Å²) in [4.78, 5) is 19.6. The van der Waals surface area contributed by atoms with E-state index in [4.69, 9.17) is 29.4 Å². The van der Waals surface area contributed by atoms with E-state index in [1.165, 1.54) is 21.3 Å². The zero-order valence-electron chi connectivity index (χ0n) is 18.5. The van der Waals surface area contributed by atoms with E-state index in [9.17, 15) is 10.1 Å². The van der Waals surface area contributed by atoms with Gasteiger partial charge >= 0.3 is 5.69 Å². The van der Waals surface area contributed by atoms with Gasteiger partial charge < -0.3 is 34.7 Å². The number of methoxy groups -OCH3 is 3. The van der Waals surface area contributed by atoms with Gasteiger partial charge in [-0.1, -0.05) is 6.07 Å². The number of fused-ring (bicyclic) bond motifs is 1. The summed E-state index contributed by atoms with van der Waals surface area (Å²) in [6.45, 7) is 0.674. The van der Waals surface area contributed by atoms with Crippen molar-refractivity contribution in [1.29, 1.82) is 0 Å². The monoisotopic (exact) mass is 491 g/mol. The van der Waals surface area contributed by atoms with Crippen LogP contribution in [-0.2, 0) is 0 Å². The number of nitro groups is 1. The summed E-state index contributed by atoms with van der Waals surface area (Å²) in [5.41, 5.74) is 6.37. The molecular weight excluding hydrogens is 470 g/mol. The van der Waals surface area contributed by atoms with Crippen LogP contribution in [0.1, 0.15) is 0 Å². The molecule has 12 nitrogen and oxygen atoms in total. The number of anilines is 3. The standard InChI is InChI=1S/C21H21N5O7.ClH/c1-29-14-9-11(10-15(30-2)19(14)31-3)23-21-24-16(17(26(27)28)20(22)25-21)12-5-4-6-13-18(12)33-8-7-32-13;/h4-6,9-10H,7-8H2,1-3H3,(H3,22,23,24,25);1H. The van der Waals surface area contributed by atoms with Gasteiger partial charge in [0.15, 0.2) is 28.7 Å². The number of halogens is 1. The highest BCUT2D eigenvalue weighted by molar-refractivity contribution is 5.85. The maximum atomic E-state index is 11.8. The molecule has 0 saturated carbocycles. The fraction of sp³-hybridized carbons (Fsp3) is 0.238. The van der Waals surface area contributed by atoms with E-state index in [0.29, 0.717) is 53.2 Å². The van der Waals surface area contributed by atoms with Crippen LogP contribution in [0, 0.1) is 10.1 Å². The van der Waals surface area contributed by atoms with Gasteiger partial charge in [-0.3, -0.25) is 10.1 Å². The number of nitrogen functional groups attached to an aromatic ring is 1. The summed E-state index contributed by atoms with van der Waals surface area (Å²) in [5, 5.41) is 14.8. The van der Waals surface area contributed by atoms with Crippen molar-refractivity contribution in [2.24, 2.45) is 0 Å². The van der Waals surface area contributed by atoms with Crippen LogP contribution in [0.4, 0.5) is 23.1 Å². The predicted molar refractivity (Wildman–Crippen MR) is 126 cm³/mol. The first-order valence-electron chi connectivity index (χ1n) is 9.74. The first kappa shape index (κ1) is 24.5. The number of nitrogens with zero attached hydrogens (tertiary/aromatic N) is 3. The SMILES string of the molecule is COc1cc(Nc2nc(N)c([N+](=O)[O-])c(-c3cccc4c3OCCO4)n2)cc(OC)c1OC.Cl. The molecule has 0 spiro atoms. The van der Waals surface area contributed by atoms with Gasteiger partial charge in [0.05, 0.1) is 31.8 Å². The average molecular weight is 492 g/mol. The molecular formula is C21H22ClN5O7. The van der Waals surface area contributed by atoms with E-state index in [1.54, 1.807) is 30.3 Å². The molecule has 1 aliphatic heterocycles. The number of aromatic nitrogens is 2. The Labute approximate surface area is 200 Å². The Morgan fingerprint density at radius 1 is 1.06 bits per heavy atom. The average Bonchev–Trinajstić information content (AvgIpc) is 2.82. The second-order valence-electron chi connectivity index (χ2n) is 6.76. The number of nitrogens with one attached hydrogen (secondary N) is 1. The summed E-state index contributed by atoms with van der Waals surface area (Å²) in [7, 11) is 4.46. The lowest BCUT2D eigenvalue weighted by Gasteiger charge is -2.21. The number of ether oxygens (including phenoxy) is 5. The van der Waals surface area contributed by atoms with Gasteiger partial charge in [0.1, 0.15) is 13.2 Å². The topological polar surface area (TPSA) is 153 Å². The highest BCUT2D eigenvalue weighted by Gasteiger charge is 2.29. The Kier molecular flexibility index (Phi) is 7.31. The van der Waals surface area contributed by atoms with E-state index in [-0.39, 0.29) is 29.9 Å². The van der Waals surface area contributed by atoms with E-state index in [0.717, 1.165) is 0 Å². The van der Waals surface area contributed by atoms with Crippen molar-refractivity contribution in [3.05, 3.63) is 40.4 Å². The molecule has 4 rings (SSSR count). The van der Waals surface area contributed by atoms with Gasteiger partial charge in [0.25, 0.3) is 0 Å². The Bertz CT molecular complexity index is 1200. The van der Waals surface area contributed by atoms with Crippen molar-refractivity contribution in [2.75, 3.05) is 45.6 Å². The fourth-order valence-electron chi connectivity index (χ4n) is 3.44. The number of rotatable bonds is 7. The van der Waals surface area contributed by atoms with Crippen molar-refractivity contribution in [3.63, 3.8) is 0 Å². The third-order valence-electron chi connectivity index (χ3n) is 4.84. The summed E-state index contributed by atoms with van der Waals surface area (Å²) < 4.78 is 27.3. The number of benzene rings is 2. The molecule has 0 radical (unpaired) electrons. The highest BCUT2D eigenvalue weighted by Crippen LogP contribution is 2.44. The molecule has 180 valence electrons. The smallest absolute Gasteiger partial charge is 0.337 e. The number of para-hydroxylation sites is 1. The summed E-state index contributed by atoms with van der Waals surface area (Å²) >= 11 is 0. The van der Waals surface area contributed by atoms with Crippen LogP contribution in [-0.4, -0.2) is 49.4 Å². The van der Waals surface area contributed by atoms with Gasteiger partial charge in [0, 0.05) is 17.8 Å². The van der Waals surface area contributed by atoms with Crippen molar-refractivity contribution >= 4 is 35.5 Å². The molecule has 0 bridgehead atoms. The first-order valence-corrected chi connectivity index (χ1v) is 9.74. The molecule has 3 N–H and O–H groups in total. The fourth-order valence-corrected chi connectivity index (χ4v) is 3.44. The van der Waals surface area contributed by atoms with Crippen LogP contribution in [0.25, 0.3) is 11.3 Å².